The zero-order valence-electron chi connectivity index (χ0n) is 11.8. The number of hydrogen-bond acceptors (Lipinski definition) is 2. The largest absolute Gasteiger partial charge is 0.485 e. The van der Waals surface area contributed by atoms with E-state index < -0.39 is 5.82 Å². The molecule has 0 amide bonds. The molecule has 0 bridgehead atoms. The van der Waals surface area contributed by atoms with Crippen molar-refractivity contribution < 1.29 is 13.9 Å². The van der Waals surface area contributed by atoms with E-state index in [9.17, 15) is 9.18 Å². The van der Waals surface area contributed by atoms with Gasteiger partial charge in [0.1, 0.15) is 11.6 Å². The van der Waals surface area contributed by atoms with Crippen LogP contribution in [0, 0.1) is 12.7 Å². The lowest BCUT2D eigenvalue weighted by atomic mass is 10.1. The Morgan fingerprint density at radius 1 is 1.27 bits per heavy atom. The molecule has 1 aromatic heterocycles. The predicted octanol–water partition coefficient (Wildman–Crippen LogP) is 4.53. The molecule has 0 aliphatic rings. The fraction of sp³-hybridized carbons (Fsp3) is 0.118. The Morgan fingerprint density at radius 3 is 2.82 bits per heavy atom. The second kappa shape index (κ2) is 5.81. The summed E-state index contributed by atoms with van der Waals surface area (Å²) in [6.07, 6.45) is 0. The van der Waals surface area contributed by atoms with E-state index in [1.54, 1.807) is 0 Å². The maximum Gasteiger partial charge on any atom is 0.202 e. The number of carbonyl (C=O) groups excluding carboxylic acids is 1. The molecule has 0 atom stereocenters. The summed E-state index contributed by atoms with van der Waals surface area (Å²) < 4.78 is 18.5. The number of Topliss-reactive ketones (excluding diaryl/α,β-unsaturated/α-hetero) is 1. The number of ketones is 1. The van der Waals surface area contributed by atoms with Gasteiger partial charge in [-0.1, -0.05) is 29.8 Å². The average molecular weight is 318 g/mol. The van der Waals surface area contributed by atoms with Gasteiger partial charge < -0.3 is 9.72 Å². The molecule has 2 aromatic carbocycles. The van der Waals surface area contributed by atoms with E-state index in [1.807, 2.05) is 31.2 Å². The molecule has 3 rings (SSSR count). The summed E-state index contributed by atoms with van der Waals surface area (Å²) >= 11 is 5.69. The summed E-state index contributed by atoms with van der Waals surface area (Å²) in [5.41, 5.74) is 2.32. The van der Waals surface area contributed by atoms with Gasteiger partial charge in [-0.3, -0.25) is 4.79 Å². The number of aromatic nitrogens is 1. The van der Waals surface area contributed by atoms with Crippen molar-refractivity contribution in [2.45, 2.75) is 6.92 Å². The van der Waals surface area contributed by atoms with Crippen molar-refractivity contribution in [2.75, 3.05) is 6.61 Å². The minimum absolute atomic E-state index is 0.0341. The van der Waals surface area contributed by atoms with E-state index in [4.69, 9.17) is 16.3 Å². The summed E-state index contributed by atoms with van der Waals surface area (Å²) in [5.74, 6) is -0.305. The third kappa shape index (κ3) is 2.70. The highest BCUT2D eigenvalue weighted by atomic mass is 35.5. The lowest BCUT2D eigenvalue weighted by Crippen LogP contribution is -2.12. The molecule has 112 valence electrons. The second-order valence-corrected chi connectivity index (χ2v) is 5.37. The molecular weight excluding hydrogens is 305 g/mol. The first-order valence-electron chi connectivity index (χ1n) is 6.74. The molecule has 0 aliphatic carbocycles. The number of fused-ring (bicyclic) bond motifs is 1. The molecule has 0 fully saturated rings. The molecule has 0 saturated heterocycles. The van der Waals surface area contributed by atoms with E-state index in [0.717, 1.165) is 16.6 Å². The average Bonchev–Trinajstić information content (AvgIpc) is 2.84. The topological polar surface area (TPSA) is 42.1 Å². The lowest BCUT2D eigenvalue weighted by Gasteiger charge is -2.06. The summed E-state index contributed by atoms with van der Waals surface area (Å²) in [7, 11) is 0. The Balaban J connectivity index is 1.81. The van der Waals surface area contributed by atoms with Crippen LogP contribution < -0.4 is 4.74 Å². The van der Waals surface area contributed by atoms with Crippen LogP contribution in [-0.4, -0.2) is 17.4 Å². The Labute approximate surface area is 131 Å². The first kappa shape index (κ1) is 14.6. The van der Waals surface area contributed by atoms with E-state index >= 15 is 0 Å². The van der Waals surface area contributed by atoms with Crippen LogP contribution in [0.4, 0.5) is 4.39 Å². The highest BCUT2D eigenvalue weighted by Gasteiger charge is 2.16. The fourth-order valence-corrected chi connectivity index (χ4v) is 2.59. The molecule has 22 heavy (non-hydrogen) atoms. The van der Waals surface area contributed by atoms with Gasteiger partial charge in [-0.15, -0.1) is 0 Å². The third-order valence-corrected chi connectivity index (χ3v) is 3.72. The first-order valence-corrected chi connectivity index (χ1v) is 7.12. The van der Waals surface area contributed by atoms with Crippen LogP contribution in [-0.2, 0) is 0 Å². The smallest absolute Gasteiger partial charge is 0.202 e. The van der Waals surface area contributed by atoms with Gasteiger partial charge in [0, 0.05) is 28.2 Å². The van der Waals surface area contributed by atoms with Gasteiger partial charge >= 0.3 is 0 Å². The van der Waals surface area contributed by atoms with Crippen molar-refractivity contribution in [3.63, 3.8) is 0 Å². The number of H-pyrrole nitrogens is 1. The van der Waals surface area contributed by atoms with Crippen LogP contribution >= 0.6 is 11.6 Å². The van der Waals surface area contributed by atoms with Crippen molar-refractivity contribution in [2.24, 2.45) is 0 Å². The van der Waals surface area contributed by atoms with E-state index in [2.05, 4.69) is 4.98 Å². The molecule has 0 spiro atoms. The van der Waals surface area contributed by atoms with E-state index in [-0.39, 0.29) is 17.4 Å². The molecule has 0 unspecified atom stereocenters. The Kier molecular flexibility index (Phi) is 3.86. The van der Waals surface area contributed by atoms with Gasteiger partial charge in [-0.2, -0.15) is 0 Å². The molecule has 3 nitrogen and oxygen atoms in total. The summed E-state index contributed by atoms with van der Waals surface area (Å²) in [6, 6.07) is 11.6. The second-order valence-electron chi connectivity index (χ2n) is 4.96. The van der Waals surface area contributed by atoms with Crippen LogP contribution in [0.3, 0.4) is 0 Å². The van der Waals surface area contributed by atoms with Gasteiger partial charge in [0.05, 0.1) is 5.02 Å². The fourth-order valence-electron chi connectivity index (χ4n) is 2.42. The number of benzene rings is 2. The number of hydrogen-bond donors (Lipinski definition) is 1. The maximum absolute atomic E-state index is 13.1. The van der Waals surface area contributed by atoms with Crippen molar-refractivity contribution in [1.29, 1.82) is 0 Å². The molecule has 5 heteroatoms. The number of rotatable bonds is 4. The number of aryl methyl sites for hydroxylation is 1. The summed E-state index contributed by atoms with van der Waals surface area (Å²) in [6.45, 7) is 1.71. The van der Waals surface area contributed by atoms with Gasteiger partial charge in [0.15, 0.2) is 6.61 Å². The zero-order chi connectivity index (χ0) is 15.7. The minimum atomic E-state index is -0.521. The lowest BCUT2D eigenvalue weighted by molar-refractivity contribution is 0.0922. The van der Waals surface area contributed by atoms with Crippen molar-refractivity contribution >= 4 is 28.3 Å². The minimum Gasteiger partial charge on any atom is -0.485 e. The van der Waals surface area contributed by atoms with Crippen LogP contribution in [0.1, 0.15) is 16.1 Å². The number of halogens is 2. The number of aromatic amines is 1. The standard InChI is InChI=1S/C17H13ClFNO2/c1-10-17(12-4-2-3-5-15(12)20-10)16(21)9-22-11-6-7-14(19)13(18)8-11/h2-8,20H,9H2,1H3. The highest BCUT2D eigenvalue weighted by Crippen LogP contribution is 2.24. The Bertz CT molecular complexity index is 857. The van der Waals surface area contributed by atoms with Crippen molar-refractivity contribution in [3.05, 3.63) is 64.6 Å². The number of para-hydroxylation sites is 1. The zero-order valence-corrected chi connectivity index (χ0v) is 12.6. The molecule has 3 aromatic rings. The maximum atomic E-state index is 13.1. The monoisotopic (exact) mass is 317 g/mol. The highest BCUT2D eigenvalue weighted by molar-refractivity contribution is 6.30. The summed E-state index contributed by atoms with van der Waals surface area (Å²) in [4.78, 5) is 15.6. The SMILES string of the molecule is Cc1[nH]c2ccccc2c1C(=O)COc1ccc(F)c(Cl)c1. The molecule has 0 saturated carbocycles. The van der Waals surface area contributed by atoms with Gasteiger partial charge in [0.2, 0.25) is 5.78 Å². The van der Waals surface area contributed by atoms with Crippen LogP contribution in [0.25, 0.3) is 10.9 Å². The Hall–Kier alpha value is -2.33. The number of ether oxygens (including phenoxy) is 1. The molecule has 0 aliphatic heterocycles. The first-order chi connectivity index (χ1) is 10.6. The van der Waals surface area contributed by atoms with Gasteiger partial charge in [0.25, 0.3) is 0 Å². The number of nitrogens with one attached hydrogen (secondary N) is 1. The van der Waals surface area contributed by atoms with Gasteiger partial charge in [-0.05, 0) is 25.1 Å². The molecule has 1 heterocycles. The van der Waals surface area contributed by atoms with Gasteiger partial charge in [-0.25, -0.2) is 4.39 Å². The van der Waals surface area contributed by atoms with Crippen LogP contribution in [0.15, 0.2) is 42.5 Å². The van der Waals surface area contributed by atoms with Crippen molar-refractivity contribution in [3.8, 4) is 5.75 Å². The summed E-state index contributed by atoms with van der Waals surface area (Å²) in [5, 5.41) is 0.832. The quantitative estimate of drug-likeness (QED) is 0.718. The Morgan fingerprint density at radius 2 is 2.05 bits per heavy atom. The molecular formula is C17H13ClFNO2. The number of carbonyl (C=O) groups is 1. The molecule has 0 radical (unpaired) electrons. The normalized spacial score (nSPS) is 10.9. The van der Waals surface area contributed by atoms with E-state index in [0.29, 0.717) is 11.3 Å². The molecule has 1 N–H and O–H groups in total. The third-order valence-electron chi connectivity index (χ3n) is 3.43. The predicted molar refractivity (Wildman–Crippen MR) is 84.3 cm³/mol. The van der Waals surface area contributed by atoms with E-state index in [1.165, 1.54) is 18.2 Å². The van der Waals surface area contributed by atoms with Crippen LogP contribution in [0.5, 0.6) is 5.75 Å². The van der Waals surface area contributed by atoms with Crippen LogP contribution in [0.2, 0.25) is 5.02 Å². The van der Waals surface area contributed by atoms with Crippen molar-refractivity contribution in [1.82, 2.24) is 4.98 Å².